The van der Waals surface area contributed by atoms with Crippen LogP contribution in [0.1, 0.15) is 42.9 Å². The van der Waals surface area contributed by atoms with E-state index in [0.717, 1.165) is 11.3 Å². The number of aromatic nitrogens is 2. The van der Waals surface area contributed by atoms with Crippen molar-refractivity contribution in [2.24, 2.45) is 7.05 Å². The van der Waals surface area contributed by atoms with Gasteiger partial charge in [-0.15, -0.1) is 12.4 Å². The average molecular weight is 339 g/mol. The van der Waals surface area contributed by atoms with Crippen LogP contribution in [-0.4, -0.2) is 21.8 Å². The van der Waals surface area contributed by atoms with Gasteiger partial charge in [0.15, 0.2) is 0 Å². The van der Waals surface area contributed by atoms with Crippen LogP contribution in [0.25, 0.3) is 0 Å². The maximum absolute atomic E-state index is 12.3. The van der Waals surface area contributed by atoms with E-state index in [0.29, 0.717) is 11.4 Å². The Balaban J connectivity index is 0.00000264. The number of amides is 1. The quantitative estimate of drug-likeness (QED) is 0.878. The highest BCUT2D eigenvalue weighted by Gasteiger charge is 2.17. The smallest absolute Gasteiger partial charge is 0.272 e. The zero-order valence-electron chi connectivity index (χ0n) is 13.7. The van der Waals surface area contributed by atoms with E-state index >= 15 is 0 Å². The maximum Gasteiger partial charge on any atom is 0.272 e. The van der Waals surface area contributed by atoms with Gasteiger partial charge in [0.25, 0.3) is 5.91 Å². The van der Waals surface area contributed by atoms with Crippen LogP contribution in [0.3, 0.4) is 0 Å². The van der Waals surface area contributed by atoms with Crippen molar-refractivity contribution in [3.05, 3.63) is 41.7 Å². The number of benzene rings is 1. The minimum Gasteiger partial charge on any atom is -0.491 e. The molecule has 0 fully saturated rings. The van der Waals surface area contributed by atoms with Gasteiger partial charge in [-0.1, -0.05) is 12.1 Å². The van der Waals surface area contributed by atoms with Gasteiger partial charge in [-0.05, 0) is 38.5 Å². The van der Waals surface area contributed by atoms with Gasteiger partial charge in [0.2, 0.25) is 0 Å². The van der Waals surface area contributed by atoms with Crippen LogP contribution in [0, 0.1) is 0 Å². The molecule has 0 saturated carbocycles. The van der Waals surface area contributed by atoms with Crippen LogP contribution in [0.5, 0.6) is 5.75 Å². The molecule has 7 heteroatoms. The second kappa shape index (κ2) is 7.87. The lowest BCUT2D eigenvalue weighted by Crippen LogP contribution is -2.29. The van der Waals surface area contributed by atoms with Crippen molar-refractivity contribution in [3.8, 4) is 5.75 Å². The molecule has 0 aliphatic rings. The number of rotatable bonds is 5. The molecular weight excluding hydrogens is 316 g/mol. The number of aryl methyl sites for hydroxylation is 1. The highest BCUT2D eigenvalue weighted by Crippen LogP contribution is 2.19. The van der Waals surface area contributed by atoms with E-state index in [2.05, 4.69) is 10.4 Å². The first-order valence-corrected chi connectivity index (χ1v) is 7.23. The zero-order chi connectivity index (χ0) is 16.3. The summed E-state index contributed by atoms with van der Waals surface area (Å²) >= 11 is 0. The summed E-state index contributed by atoms with van der Waals surface area (Å²) in [7, 11) is 1.69. The van der Waals surface area contributed by atoms with Gasteiger partial charge in [-0.3, -0.25) is 9.48 Å². The molecule has 1 heterocycles. The maximum atomic E-state index is 12.3. The summed E-state index contributed by atoms with van der Waals surface area (Å²) in [5.41, 5.74) is 7.49. The molecule has 2 aromatic rings. The molecule has 1 amide bonds. The summed E-state index contributed by atoms with van der Waals surface area (Å²) in [6.45, 7) is 5.88. The third kappa shape index (κ3) is 4.63. The molecule has 1 aromatic carbocycles. The summed E-state index contributed by atoms with van der Waals surface area (Å²) < 4.78 is 7.07. The Hall–Kier alpha value is -2.21. The SMILES string of the molecule is CC(C)Oc1ccc(C(C)NC(=O)c2c(N)cnn2C)cc1.Cl. The molecule has 0 aliphatic heterocycles. The third-order valence-electron chi connectivity index (χ3n) is 3.28. The lowest BCUT2D eigenvalue weighted by atomic mass is 10.1. The van der Waals surface area contributed by atoms with E-state index in [1.165, 1.54) is 10.9 Å². The van der Waals surface area contributed by atoms with Crippen molar-refractivity contribution in [1.82, 2.24) is 15.1 Å². The fraction of sp³-hybridized carbons (Fsp3) is 0.375. The van der Waals surface area contributed by atoms with Crippen LogP contribution < -0.4 is 15.8 Å². The minimum atomic E-state index is -0.243. The number of nitrogens with two attached hydrogens (primary N) is 1. The van der Waals surface area contributed by atoms with Crippen molar-refractivity contribution >= 4 is 24.0 Å². The van der Waals surface area contributed by atoms with Crippen molar-refractivity contribution in [3.63, 3.8) is 0 Å². The largest absolute Gasteiger partial charge is 0.491 e. The molecule has 1 atom stereocenters. The van der Waals surface area contributed by atoms with E-state index in [1.54, 1.807) is 7.05 Å². The lowest BCUT2D eigenvalue weighted by Gasteiger charge is -2.16. The number of carbonyl (C=O) groups excluding carboxylic acids is 1. The lowest BCUT2D eigenvalue weighted by molar-refractivity contribution is 0.0931. The van der Waals surface area contributed by atoms with E-state index in [9.17, 15) is 4.79 Å². The second-order valence-corrected chi connectivity index (χ2v) is 5.50. The van der Waals surface area contributed by atoms with Crippen molar-refractivity contribution in [1.29, 1.82) is 0 Å². The fourth-order valence-electron chi connectivity index (χ4n) is 2.19. The van der Waals surface area contributed by atoms with E-state index in [-0.39, 0.29) is 30.5 Å². The standard InChI is InChI=1S/C16H22N4O2.ClH/c1-10(2)22-13-7-5-12(6-8-13)11(3)19-16(21)15-14(17)9-18-20(15)4;/h5-11H,17H2,1-4H3,(H,19,21);1H. The van der Waals surface area contributed by atoms with Gasteiger partial charge in [-0.2, -0.15) is 5.10 Å². The Morgan fingerprint density at radius 3 is 2.35 bits per heavy atom. The molecule has 0 saturated heterocycles. The fourth-order valence-corrected chi connectivity index (χ4v) is 2.19. The Morgan fingerprint density at radius 2 is 1.87 bits per heavy atom. The first-order valence-electron chi connectivity index (χ1n) is 7.23. The average Bonchev–Trinajstić information content (AvgIpc) is 2.78. The van der Waals surface area contributed by atoms with Gasteiger partial charge in [0.05, 0.1) is 24.0 Å². The Bertz CT molecular complexity index is 633. The summed E-state index contributed by atoms with van der Waals surface area (Å²) in [6.07, 6.45) is 1.60. The Labute approximate surface area is 142 Å². The Morgan fingerprint density at radius 1 is 1.26 bits per heavy atom. The highest BCUT2D eigenvalue weighted by molar-refractivity contribution is 5.97. The number of halogens is 1. The van der Waals surface area contributed by atoms with Crippen LogP contribution >= 0.6 is 12.4 Å². The summed E-state index contributed by atoms with van der Waals surface area (Å²) in [5, 5.41) is 6.89. The molecule has 126 valence electrons. The molecule has 0 spiro atoms. The molecule has 0 bridgehead atoms. The summed E-state index contributed by atoms with van der Waals surface area (Å²) in [4.78, 5) is 12.3. The summed E-state index contributed by atoms with van der Waals surface area (Å²) in [5.74, 6) is 0.570. The summed E-state index contributed by atoms with van der Waals surface area (Å²) in [6, 6.07) is 7.53. The number of hydrogen-bond donors (Lipinski definition) is 2. The normalized spacial score (nSPS) is 11.7. The topological polar surface area (TPSA) is 82.2 Å². The molecule has 23 heavy (non-hydrogen) atoms. The molecule has 2 rings (SSSR count). The molecule has 0 aliphatic carbocycles. The second-order valence-electron chi connectivity index (χ2n) is 5.50. The van der Waals surface area contributed by atoms with E-state index in [1.807, 2.05) is 45.0 Å². The van der Waals surface area contributed by atoms with Gasteiger partial charge in [0.1, 0.15) is 11.4 Å². The van der Waals surface area contributed by atoms with Gasteiger partial charge < -0.3 is 15.8 Å². The van der Waals surface area contributed by atoms with Crippen LogP contribution in [0.4, 0.5) is 5.69 Å². The zero-order valence-corrected chi connectivity index (χ0v) is 14.6. The van der Waals surface area contributed by atoms with Crippen LogP contribution in [0.2, 0.25) is 0 Å². The van der Waals surface area contributed by atoms with Crippen LogP contribution in [-0.2, 0) is 7.05 Å². The van der Waals surface area contributed by atoms with Gasteiger partial charge in [0, 0.05) is 7.05 Å². The molecule has 1 aromatic heterocycles. The monoisotopic (exact) mass is 338 g/mol. The molecule has 6 nitrogen and oxygen atoms in total. The molecule has 0 radical (unpaired) electrons. The first-order chi connectivity index (χ1) is 10.4. The van der Waals surface area contributed by atoms with Crippen LogP contribution in [0.15, 0.2) is 30.5 Å². The number of anilines is 1. The highest BCUT2D eigenvalue weighted by atomic mass is 35.5. The van der Waals surface area contributed by atoms with Crippen molar-refractivity contribution in [2.75, 3.05) is 5.73 Å². The predicted molar refractivity (Wildman–Crippen MR) is 93.0 cm³/mol. The van der Waals surface area contributed by atoms with Crippen molar-refractivity contribution < 1.29 is 9.53 Å². The number of hydrogen-bond acceptors (Lipinski definition) is 4. The predicted octanol–water partition coefficient (Wildman–Crippen LogP) is 2.70. The number of ether oxygens (including phenoxy) is 1. The van der Waals surface area contributed by atoms with E-state index in [4.69, 9.17) is 10.5 Å². The molecule has 1 unspecified atom stereocenters. The van der Waals surface area contributed by atoms with Gasteiger partial charge >= 0.3 is 0 Å². The Kier molecular flexibility index (Phi) is 6.45. The number of carbonyl (C=O) groups is 1. The number of nitrogens with zero attached hydrogens (tertiary/aromatic N) is 2. The molecular formula is C16H23ClN4O2. The third-order valence-corrected chi connectivity index (χ3v) is 3.28. The minimum absolute atomic E-state index is 0. The van der Waals surface area contributed by atoms with Crippen molar-refractivity contribution in [2.45, 2.75) is 32.9 Å². The number of nitrogen functional groups attached to an aromatic ring is 1. The van der Waals surface area contributed by atoms with E-state index < -0.39 is 0 Å². The van der Waals surface area contributed by atoms with Gasteiger partial charge in [-0.25, -0.2) is 0 Å². The number of nitrogens with one attached hydrogen (secondary N) is 1. The molecule has 3 N–H and O–H groups in total. The first kappa shape index (κ1) is 18.8.